The summed E-state index contributed by atoms with van der Waals surface area (Å²) in [6, 6.07) is 7.02. The molecule has 1 unspecified atom stereocenters. The molecule has 170 valence electrons. The SMILES string of the molecule is CC[Si](CC)(CC)OC(CN[C@H]1C[C@@H]2[C@H](C1)C2(C)C)c1c(Cl)cccc1C(F)(F)F. The maximum absolute atomic E-state index is 13.8. The van der Waals surface area contributed by atoms with Crippen molar-refractivity contribution in [2.75, 3.05) is 6.54 Å². The second-order valence-corrected chi connectivity index (χ2v) is 14.8. The molecule has 4 atom stereocenters. The van der Waals surface area contributed by atoms with Crippen LogP contribution >= 0.6 is 11.6 Å². The molecule has 0 saturated heterocycles. The van der Waals surface area contributed by atoms with E-state index in [1.807, 2.05) is 0 Å². The number of fused-ring (bicyclic) bond motifs is 1. The summed E-state index contributed by atoms with van der Waals surface area (Å²) in [6.07, 6.45) is -2.96. The number of alkyl halides is 3. The third-order valence-corrected chi connectivity index (χ3v) is 12.9. The molecule has 1 N–H and O–H groups in total. The van der Waals surface area contributed by atoms with Gasteiger partial charge in [-0.1, -0.05) is 52.3 Å². The van der Waals surface area contributed by atoms with Gasteiger partial charge in [0.15, 0.2) is 8.32 Å². The Morgan fingerprint density at radius 3 is 2.20 bits per heavy atom. The summed E-state index contributed by atoms with van der Waals surface area (Å²) in [5.41, 5.74) is -0.159. The van der Waals surface area contributed by atoms with Gasteiger partial charge in [-0.15, -0.1) is 0 Å². The van der Waals surface area contributed by atoms with E-state index in [-0.39, 0.29) is 10.6 Å². The van der Waals surface area contributed by atoms with Gasteiger partial charge in [0.25, 0.3) is 0 Å². The van der Waals surface area contributed by atoms with E-state index in [9.17, 15) is 13.2 Å². The van der Waals surface area contributed by atoms with Crippen LogP contribution in [-0.4, -0.2) is 20.9 Å². The van der Waals surface area contributed by atoms with Gasteiger partial charge < -0.3 is 9.74 Å². The first kappa shape index (κ1) is 24.1. The fraction of sp³-hybridized carbons (Fsp3) is 0.739. The molecule has 3 rings (SSSR count). The second kappa shape index (κ2) is 8.76. The van der Waals surface area contributed by atoms with E-state index in [0.717, 1.165) is 48.9 Å². The van der Waals surface area contributed by atoms with Crippen LogP contribution < -0.4 is 5.32 Å². The molecule has 30 heavy (non-hydrogen) atoms. The van der Waals surface area contributed by atoms with Crippen LogP contribution in [0.1, 0.15) is 64.7 Å². The van der Waals surface area contributed by atoms with E-state index in [4.69, 9.17) is 16.0 Å². The highest BCUT2D eigenvalue weighted by Gasteiger charge is 2.61. The molecule has 0 aliphatic heterocycles. The minimum atomic E-state index is -4.46. The lowest BCUT2D eigenvalue weighted by Gasteiger charge is -2.35. The standard InChI is InChI=1S/C23H35ClF3NOSi/c1-6-30(7-2,8-3)29-20(14-28-15-12-17-18(13-15)22(17,4)5)21-16(23(25,26)27)10-9-11-19(21)24/h9-11,15,17-18,20,28H,6-8,12-14H2,1-5H3/t15-,17+,18-,20?. The summed E-state index contributed by atoms with van der Waals surface area (Å²) >= 11 is 6.36. The third kappa shape index (κ3) is 4.62. The zero-order chi connectivity index (χ0) is 22.3. The number of halogens is 4. The fourth-order valence-corrected chi connectivity index (χ4v) is 8.66. The van der Waals surface area contributed by atoms with Crippen molar-refractivity contribution in [3.05, 3.63) is 34.3 Å². The average Bonchev–Trinajstić information content (AvgIpc) is 3.03. The van der Waals surface area contributed by atoms with Gasteiger partial charge in [0.05, 0.1) is 11.7 Å². The molecule has 2 aliphatic carbocycles. The van der Waals surface area contributed by atoms with Gasteiger partial charge in [0.2, 0.25) is 0 Å². The zero-order valence-corrected chi connectivity index (χ0v) is 20.5. The van der Waals surface area contributed by atoms with Crippen LogP contribution in [0, 0.1) is 17.3 Å². The average molecular weight is 462 g/mol. The summed E-state index contributed by atoms with van der Waals surface area (Å²) in [5.74, 6) is 1.46. The molecule has 0 aromatic heterocycles. The molecule has 0 heterocycles. The van der Waals surface area contributed by atoms with Gasteiger partial charge >= 0.3 is 6.18 Å². The first-order valence-corrected chi connectivity index (χ1v) is 14.2. The van der Waals surface area contributed by atoms with E-state index in [2.05, 4.69) is 39.9 Å². The lowest BCUT2D eigenvalue weighted by molar-refractivity contribution is -0.139. The number of hydrogen-bond donors (Lipinski definition) is 1. The lowest BCUT2D eigenvalue weighted by atomic mass is 9.97. The number of hydrogen-bond acceptors (Lipinski definition) is 2. The largest absolute Gasteiger partial charge is 0.416 e. The Hall–Kier alpha value is -0.563. The molecule has 0 radical (unpaired) electrons. The maximum Gasteiger partial charge on any atom is 0.416 e. The van der Waals surface area contributed by atoms with Crippen LogP contribution in [0.25, 0.3) is 0 Å². The monoisotopic (exact) mass is 461 g/mol. The zero-order valence-electron chi connectivity index (χ0n) is 18.7. The highest BCUT2D eigenvalue weighted by atomic mass is 35.5. The molecular formula is C23H35ClF3NOSi. The predicted molar refractivity (Wildman–Crippen MR) is 119 cm³/mol. The Balaban J connectivity index is 1.85. The highest BCUT2D eigenvalue weighted by molar-refractivity contribution is 6.73. The van der Waals surface area contributed by atoms with Crippen LogP contribution in [0.3, 0.4) is 0 Å². The number of benzene rings is 1. The minimum absolute atomic E-state index is 0.0925. The van der Waals surface area contributed by atoms with Crippen molar-refractivity contribution < 1.29 is 17.6 Å². The predicted octanol–water partition coefficient (Wildman–Crippen LogP) is 7.45. The Morgan fingerprint density at radius 1 is 1.13 bits per heavy atom. The summed E-state index contributed by atoms with van der Waals surface area (Å²) in [4.78, 5) is 0. The molecule has 0 spiro atoms. The molecule has 0 bridgehead atoms. The summed E-state index contributed by atoms with van der Waals surface area (Å²) in [7, 11) is -2.14. The Kier molecular flexibility index (Phi) is 7.03. The molecule has 2 nitrogen and oxygen atoms in total. The number of rotatable bonds is 9. The summed E-state index contributed by atoms with van der Waals surface area (Å²) in [5, 5.41) is 3.69. The van der Waals surface area contributed by atoms with Crippen molar-refractivity contribution >= 4 is 19.9 Å². The van der Waals surface area contributed by atoms with E-state index in [1.165, 1.54) is 6.07 Å². The van der Waals surface area contributed by atoms with E-state index < -0.39 is 26.2 Å². The van der Waals surface area contributed by atoms with Gasteiger partial charge in [-0.05, 0) is 60.4 Å². The minimum Gasteiger partial charge on any atom is -0.409 e. The highest BCUT2D eigenvalue weighted by Crippen LogP contribution is 2.66. The van der Waals surface area contributed by atoms with Crippen LogP contribution in [0.5, 0.6) is 0 Å². The molecule has 2 saturated carbocycles. The van der Waals surface area contributed by atoms with Crippen molar-refractivity contribution in [3.8, 4) is 0 Å². The molecular weight excluding hydrogens is 427 g/mol. The normalized spacial score (nSPS) is 26.5. The number of nitrogens with one attached hydrogen (secondary N) is 1. The quantitative estimate of drug-likeness (QED) is 0.385. The van der Waals surface area contributed by atoms with Gasteiger partial charge in [0.1, 0.15) is 0 Å². The maximum atomic E-state index is 13.8. The summed E-state index contributed by atoms with van der Waals surface area (Å²) < 4.78 is 48.1. The second-order valence-electron chi connectivity index (χ2n) is 9.66. The molecule has 7 heteroatoms. The van der Waals surface area contributed by atoms with Crippen molar-refractivity contribution in [1.82, 2.24) is 5.32 Å². The van der Waals surface area contributed by atoms with E-state index in [1.54, 1.807) is 6.07 Å². The van der Waals surface area contributed by atoms with Crippen molar-refractivity contribution in [3.63, 3.8) is 0 Å². The fourth-order valence-electron chi connectivity index (χ4n) is 5.56. The smallest absolute Gasteiger partial charge is 0.409 e. The summed E-state index contributed by atoms with van der Waals surface area (Å²) in [6.45, 7) is 11.3. The van der Waals surface area contributed by atoms with Crippen LogP contribution in [-0.2, 0) is 10.6 Å². The lowest BCUT2D eigenvalue weighted by Crippen LogP contribution is -2.42. The Morgan fingerprint density at radius 2 is 1.70 bits per heavy atom. The van der Waals surface area contributed by atoms with Crippen LogP contribution in [0.2, 0.25) is 23.2 Å². The molecule has 0 amide bonds. The first-order valence-electron chi connectivity index (χ1n) is 11.3. The van der Waals surface area contributed by atoms with Crippen molar-refractivity contribution in [2.45, 2.75) is 83.9 Å². The van der Waals surface area contributed by atoms with Gasteiger partial charge in [-0.3, -0.25) is 0 Å². The molecule has 1 aromatic carbocycles. The van der Waals surface area contributed by atoms with Crippen molar-refractivity contribution in [1.29, 1.82) is 0 Å². The Labute approximate surface area is 185 Å². The van der Waals surface area contributed by atoms with E-state index in [0.29, 0.717) is 18.0 Å². The van der Waals surface area contributed by atoms with Gasteiger partial charge in [-0.2, -0.15) is 13.2 Å². The molecule has 1 aromatic rings. The van der Waals surface area contributed by atoms with E-state index >= 15 is 0 Å². The van der Waals surface area contributed by atoms with Gasteiger partial charge in [-0.25, -0.2) is 0 Å². The third-order valence-electron chi connectivity index (χ3n) is 7.96. The van der Waals surface area contributed by atoms with Crippen LogP contribution in [0.15, 0.2) is 18.2 Å². The van der Waals surface area contributed by atoms with Crippen molar-refractivity contribution in [2.24, 2.45) is 17.3 Å². The van der Waals surface area contributed by atoms with Gasteiger partial charge in [0, 0.05) is 23.2 Å². The first-order chi connectivity index (χ1) is 14.0. The Bertz CT molecular complexity index is 728. The van der Waals surface area contributed by atoms with Crippen LogP contribution in [0.4, 0.5) is 13.2 Å². The molecule has 2 aliphatic rings. The molecule has 2 fully saturated rings. The topological polar surface area (TPSA) is 21.3 Å².